The van der Waals surface area contributed by atoms with E-state index >= 15 is 0 Å². The van der Waals surface area contributed by atoms with E-state index in [1.165, 1.54) is 10.5 Å². The van der Waals surface area contributed by atoms with Gasteiger partial charge in [-0.1, -0.05) is 74.0 Å². The van der Waals surface area contributed by atoms with E-state index in [4.69, 9.17) is 4.74 Å². The summed E-state index contributed by atoms with van der Waals surface area (Å²) in [6.07, 6.45) is 1.07. The predicted octanol–water partition coefficient (Wildman–Crippen LogP) is 3.73. The number of nitrogens with zero attached hydrogens (tertiary/aromatic N) is 2. The summed E-state index contributed by atoms with van der Waals surface area (Å²) in [7, 11) is 0. The van der Waals surface area contributed by atoms with Crippen LogP contribution in [-0.4, -0.2) is 47.5 Å². The van der Waals surface area contributed by atoms with Gasteiger partial charge in [0.25, 0.3) is 0 Å². The molecule has 2 aliphatic rings. The molecule has 2 heterocycles. The Morgan fingerprint density at radius 1 is 1.00 bits per heavy atom. The number of cyclic esters (lactones) is 1. The first-order chi connectivity index (χ1) is 14.2. The average Bonchev–Trinajstić information content (AvgIpc) is 3.32. The Morgan fingerprint density at radius 2 is 1.66 bits per heavy atom. The second kappa shape index (κ2) is 8.78. The zero-order valence-corrected chi connectivity index (χ0v) is 16.9. The fourth-order valence-corrected chi connectivity index (χ4v) is 4.57. The van der Waals surface area contributed by atoms with Crippen LogP contribution in [-0.2, 0) is 22.5 Å². The van der Waals surface area contributed by atoms with Crippen molar-refractivity contribution in [2.45, 2.75) is 32.4 Å². The standard InChI is InChI=1S/C24H28N2O3/c1-2-20-15-25(14-19-11-7-4-8-12-19)16-22(20)23(27)26-21(17-29-24(26)28)13-18-9-5-3-6-10-18/h3-12,20-22H,2,13-17H2,1H3/t20-,21-,22-/m0/s1. The molecule has 5 nitrogen and oxygen atoms in total. The molecule has 3 atom stereocenters. The quantitative estimate of drug-likeness (QED) is 0.752. The van der Waals surface area contributed by atoms with Gasteiger partial charge in [-0.2, -0.15) is 0 Å². The Labute approximate surface area is 172 Å². The Bertz CT molecular complexity index is 840. The Balaban J connectivity index is 1.46. The molecule has 2 saturated heterocycles. The maximum atomic E-state index is 13.4. The number of imide groups is 1. The molecule has 0 N–H and O–H groups in total. The van der Waals surface area contributed by atoms with E-state index in [9.17, 15) is 9.59 Å². The normalized spacial score (nSPS) is 24.7. The molecule has 2 aromatic carbocycles. The van der Waals surface area contributed by atoms with Crippen LogP contribution >= 0.6 is 0 Å². The molecule has 152 valence electrons. The van der Waals surface area contributed by atoms with Gasteiger partial charge >= 0.3 is 6.09 Å². The fourth-order valence-electron chi connectivity index (χ4n) is 4.57. The zero-order valence-electron chi connectivity index (χ0n) is 16.9. The molecule has 2 amide bonds. The van der Waals surface area contributed by atoms with Gasteiger partial charge in [-0.15, -0.1) is 0 Å². The topological polar surface area (TPSA) is 49.9 Å². The number of amides is 2. The molecular formula is C24H28N2O3. The predicted molar refractivity (Wildman–Crippen MR) is 111 cm³/mol. The van der Waals surface area contributed by atoms with Gasteiger partial charge in [0.05, 0.1) is 12.0 Å². The lowest BCUT2D eigenvalue weighted by Gasteiger charge is -2.25. The highest BCUT2D eigenvalue weighted by atomic mass is 16.6. The number of likely N-dealkylation sites (tertiary alicyclic amines) is 1. The maximum absolute atomic E-state index is 13.4. The molecule has 2 aromatic rings. The van der Waals surface area contributed by atoms with Gasteiger partial charge in [-0.3, -0.25) is 9.69 Å². The number of hydrogen-bond donors (Lipinski definition) is 0. The van der Waals surface area contributed by atoms with Crippen LogP contribution < -0.4 is 0 Å². The first kappa shape index (κ1) is 19.6. The van der Waals surface area contributed by atoms with Crippen LogP contribution in [0, 0.1) is 11.8 Å². The van der Waals surface area contributed by atoms with Gasteiger partial charge in [0.1, 0.15) is 6.61 Å². The minimum atomic E-state index is -0.493. The highest BCUT2D eigenvalue weighted by Crippen LogP contribution is 2.31. The van der Waals surface area contributed by atoms with E-state index in [1.54, 1.807) is 0 Å². The molecule has 0 radical (unpaired) electrons. The molecule has 0 aromatic heterocycles. The van der Waals surface area contributed by atoms with Crippen molar-refractivity contribution in [3.63, 3.8) is 0 Å². The highest BCUT2D eigenvalue weighted by Gasteiger charge is 2.45. The minimum Gasteiger partial charge on any atom is -0.447 e. The summed E-state index contributed by atoms with van der Waals surface area (Å²) in [6, 6.07) is 20.1. The van der Waals surface area contributed by atoms with E-state index in [0.717, 1.165) is 25.1 Å². The second-order valence-electron chi connectivity index (χ2n) is 8.08. The van der Waals surface area contributed by atoms with Crippen LogP contribution in [0.15, 0.2) is 60.7 Å². The van der Waals surface area contributed by atoms with Gasteiger partial charge in [-0.05, 0) is 23.5 Å². The molecule has 29 heavy (non-hydrogen) atoms. The molecular weight excluding hydrogens is 364 g/mol. The van der Waals surface area contributed by atoms with Crippen molar-refractivity contribution < 1.29 is 14.3 Å². The minimum absolute atomic E-state index is 0.0733. The zero-order chi connectivity index (χ0) is 20.2. The van der Waals surface area contributed by atoms with E-state index < -0.39 is 6.09 Å². The third-order valence-corrected chi connectivity index (χ3v) is 6.12. The van der Waals surface area contributed by atoms with E-state index in [2.05, 4.69) is 24.0 Å². The van der Waals surface area contributed by atoms with Crippen LogP contribution in [0.4, 0.5) is 4.79 Å². The summed E-state index contributed by atoms with van der Waals surface area (Å²) in [5, 5.41) is 0. The summed E-state index contributed by atoms with van der Waals surface area (Å²) in [6.45, 7) is 4.80. The van der Waals surface area contributed by atoms with Crippen molar-refractivity contribution in [3.05, 3.63) is 71.8 Å². The monoisotopic (exact) mass is 392 g/mol. The first-order valence-corrected chi connectivity index (χ1v) is 10.5. The van der Waals surface area contributed by atoms with Crippen molar-refractivity contribution in [1.82, 2.24) is 9.80 Å². The third-order valence-electron chi connectivity index (χ3n) is 6.12. The van der Waals surface area contributed by atoms with Gasteiger partial charge in [0.2, 0.25) is 5.91 Å². The van der Waals surface area contributed by atoms with Gasteiger partial charge < -0.3 is 4.74 Å². The molecule has 0 saturated carbocycles. The molecule has 0 aliphatic carbocycles. The molecule has 2 fully saturated rings. The van der Waals surface area contributed by atoms with Crippen LogP contribution in [0.3, 0.4) is 0 Å². The van der Waals surface area contributed by atoms with E-state index in [-0.39, 0.29) is 30.4 Å². The summed E-state index contributed by atoms with van der Waals surface area (Å²) >= 11 is 0. The maximum Gasteiger partial charge on any atom is 0.416 e. The first-order valence-electron chi connectivity index (χ1n) is 10.5. The van der Waals surface area contributed by atoms with Crippen LogP contribution in [0.1, 0.15) is 24.5 Å². The Kier molecular flexibility index (Phi) is 5.95. The largest absolute Gasteiger partial charge is 0.447 e. The number of hydrogen-bond acceptors (Lipinski definition) is 4. The number of benzene rings is 2. The summed E-state index contributed by atoms with van der Waals surface area (Å²) in [4.78, 5) is 29.6. The van der Waals surface area contributed by atoms with Crippen LogP contribution in [0.2, 0.25) is 0 Å². The van der Waals surface area contributed by atoms with Gasteiger partial charge in [0, 0.05) is 19.6 Å². The van der Waals surface area contributed by atoms with E-state index in [1.807, 2.05) is 48.5 Å². The molecule has 0 bridgehead atoms. The lowest BCUT2D eigenvalue weighted by Crippen LogP contribution is -2.45. The average molecular weight is 392 g/mol. The summed E-state index contributed by atoms with van der Waals surface area (Å²) in [5.74, 6) is 0.0282. The molecule has 0 unspecified atom stereocenters. The molecule has 0 spiro atoms. The van der Waals surface area contributed by atoms with E-state index in [0.29, 0.717) is 13.0 Å². The summed E-state index contributed by atoms with van der Waals surface area (Å²) in [5.41, 5.74) is 2.36. The number of rotatable bonds is 6. The third kappa shape index (κ3) is 4.35. The van der Waals surface area contributed by atoms with Crippen molar-refractivity contribution in [2.75, 3.05) is 19.7 Å². The lowest BCUT2D eigenvalue weighted by atomic mass is 9.92. The van der Waals surface area contributed by atoms with Crippen molar-refractivity contribution >= 4 is 12.0 Å². The fraction of sp³-hybridized carbons (Fsp3) is 0.417. The SMILES string of the molecule is CC[C@H]1CN(Cc2ccccc2)C[C@@H]1C(=O)N1C(=O)OC[C@@H]1Cc1ccccc1. The Hall–Kier alpha value is -2.66. The molecule has 2 aliphatic heterocycles. The number of carbonyl (C=O) groups is 2. The lowest BCUT2D eigenvalue weighted by molar-refractivity contribution is -0.134. The number of carbonyl (C=O) groups excluding carboxylic acids is 2. The van der Waals surface area contributed by atoms with Crippen LogP contribution in [0.5, 0.6) is 0 Å². The highest BCUT2D eigenvalue weighted by molar-refractivity contribution is 5.95. The number of ether oxygens (including phenoxy) is 1. The molecule has 4 rings (SSSR count). The summed E-state index contributed by atoms with van der Waals surface area (Å²) < 4.78 is 5.27. The van der Waals surface area contributed by atoms with Crippen molar-refractivity contribution in [2.24, 2.45) is 11.8 Å². The Morgan fingerprint density at radius 3 is 2.31 bits per heavy atom. The smallest absolute Gasteiger partial charge is 0.416 e. The molecule has 5 heteroatoms. The van der Waals surface area contributed by atoms with Gasteiger partial charge in [0.15, 0.2) is 0 Å². The van der Waals surface area contributed by atoms with Crippen molar-refractivity contribution in [3.8, 4) is 0 Å². The second-order valence-corrected chi connectivity index (χ2v) is 8.08. The van der Waals surface area contributed by atoms with Crippen molar-refractivity contribution in [1.29, 1.82) is 0 Å². The van der Waals surface area contributed by atoms with Crippen LogP contribution in [0.25, 0.3) is 0 Å². The van der Waals surface area contributed by atoms with Gasteiger partial charge in [-0.25, -0.2) is 9.69 Å².